The second-order valence-corrected chi connectivity index (χ2v) is 7.63. The van der Waals surface area contributed by atoms with E-state index in [0.717, 1.165) is 46.7 Å². The Kier molecular flexibility index (Phi) is 4.94. The molecular formula is C24H24N4O2. The average molecular weight is 400 g/mol. The maximum absolute atomic E-state index is 6.37. The molecule has 0 bridgehead atoms. The van der Waals surface area contributed by atoms with Gasteiger partial charge in [0.15, 0.2) is 0 Å². The van der Waals surface area contributed by atoms with E-state index in [1.807, 2.05) is 41.1 Å². The first-order valence-corrected chi connectivity index (χ1v) is 10.1. The number of likely N-dealkylation sites (N-methyl/N-ethyl adjacent to an activating group) is 1. The fourth-order valence-corrected chi connectivity index (χ4v) is 4.00. The van der Waals surface area contributed by atoms with Crippen LogP contribution >= 0.6 is 0 Å². The van der Waals surface area contributed by atoms with Gasteiger partial charge in [0.1, 0.15) is 17.4 Å². The van der Waals surface area contributed by atoms with Gasteiger partial charge < -0.3 is 9.47 Å². The number of fused-ring (bicyclic) bond motifs is 2. The monoisotopic (exact) mass is 400 g/mol. The molecule has 6 heteroatoms. The van der Waals surface area contributed by atoms with Crippen LogP contribution in [-0.2, 0) is 11.3 Å². The lowest BCUT2D eigenvalue weighted by molar-refractivity contribution is 0.0553. The van der Waals surface area contributed by atoms with E-state index in [2.05, 4.69) is 52.6 Å². The molecule has 1 unspecified atom stereocenters. The van der Waals surface area contributed by atoms with Gasteiger partial charge in [-0.2, -0.15) is 0 Å². The second-order valence-electron chi connectivity index (χ2n) is 7.63. The van der Waals surface area contributed by atoms with Crippen LogP contribution in [0.4, 0.5) is 0 Å². The summed E-state index contributed by atoms with van der Waals surface area (Å²) in [4.78, 5) is 2.29. The van der Waals surface area contributed by atoms with E-state index >= 15 is 0 Å². The van der Waals surface area contributed by atoms with Gasteiger partial charge in [0.2, 0.25) is 0 Å². The Morgan fingerprint density at radius 1 is 1.03 bits per heavy atom. The van der Waals surface area contributed by atoms with E-state index in [0.29, 0.717) is 6.61 Å². The first-order chi connectivity index (χ1) is 14.7. The number of para-hydroxylation sites is 1. The molecule has 0 spiro atoms. The number of aromatic nitrogens is 3. The zero-order chi connectivity index (χ0) is 20.5. The predicted molar refractivity (Wildman–Crippen MR) is 116 cm³/mol. The SMILES string of the molecule is COc1ccc(C2OCCN(C)Cc3ccc(-n4nnc5ccccc54)cc32)cc1. The summed E-state index contributed by atoms with van der Waals surface area (Å²) in [7, 11) is 3.81. The molecule has 0 saturated carbocycles. The molecule has 0 aliphatic carbocycles. The van der Waals surface area contributed by atoms with Crippen LogP contribution < -0.4 is 4.74 Å². The van der Waals surface area contributed by atoms with Crippen molar-refractivity contribution in [1.82, 2.24) is 19.9 Å². The molecule has 4 aromatic rings. The maximum Gasteiger partial charge on any atom is 0.118 e. The summed E-state index contributed by atoms with van der Waals surface area (Å²) in [5.74, 6) is 0.840. The summed E-state index contributed by atoms with van der Waals surface area (Å²) in [5.41, 5.74) is 6.37. The molecule has 0 saturated heterocycles. The first kappa shape index (κ1) is 18.8. The molecule has 1 aliphatic rings. The van der Waals surface area contributed by atoms with Crippen LogP contribution in [0.25, 0.3) is 16.7 Å². The van der Waals surface area contributed by atoms with Crippen LogP contribution in [0.2, 0.25) is 0 Å². The summed E-state index contributed by atoms with van der Waals surface area (Å²) in [6.45, 7) is 2.44. The standard InChI is InChI=1S/C24H24N4O2/c1-27-13-14-30-24(17-8-11-20(29-2)12-9-17)21-15-19(10-7-18(21)16-27)28-23-6-4-3-5-22(23)25-26-28/h3-12,15,24H,13-14,16H2,1-2H3. The van der Waals surface area contributed by atoms with Crippen molar-refractivity contribution in [3.63, 3.8) is 0 Å². The summed E-state index contributed by atoms with van der Waals surface area (Å²) in [6, 6.07) is 22.6. The quantitative estimate of drug-likeness (QED) is 0.521. The fraction of sp³-hybridized carbons (Fsp3) is 0.250. The number of methoxy groups -OCH3 is 1. The van der Waals surface area contributed by atoms with Gasteiger partial charge in [-0.15, -0.1) is 5.10 Å². The minimum atomic E-state index is -0.144. The fourth-order valence-electron chi connectivity index (χ4n) is 4.00. The van der Waals surface area contributed by atoms with Crippen molar-refractivity contribution in [1.29, 1.82) is 0 Å². The summed E-state index contributed by atoms with van der Waals surface area (Å²) < 4.78 is 13.6. The molecule has 0 radical (unpaired) electrons. The van der Waals surface area contributed by atoms with E-state index in [4.69, 9.17) is 9.47 Å². The van der Waals surface area contributed by atoms with E-state index in [1.54, 1.807) is 7.11 Å². The van der Waals surface area contributed by atoms with Crippen molar-refractivity contribution in [3.05, 3.63) is 83.4 Å². The number of hydrogen-bond donors (Lipinski definition) is 0. The Morgan fingerprint density at radius 2 is 1.87 bits per heavy atom. The van der Waals surface area contributed by atoms with Crippen LogP contribution in [0.5, 0.6) is 5.75 Å². The second kappa shape index (κ2) is 7.89. The number of benzene rings is 3. The highest BCUT2D eigenvalue weighted by molar-refractivity contribution is 5.76. The number of nitrogens with zero attached hydrogens (tertiary/aromatic N) is 4. The highest BCUT2D eigenvalue weighted by atomic mass is 16.5. The van der Waals surface area contributed by atoms with Crippen molar-refractivity contribution in [2.45, 2.75) is 12.6 Å². The predicted octanol–water partition coefficient (Wildman–Crippen LogP) is 3.98. The van der Waals surface area contributed by atoms with Crippen LogP contribution in [-0.4, -0.2) is 47.2 Å². The van der Waals surface area contributed by atoms with Gasteiger partial charge in [-0.3, -0.25) is 4.90 Å². The molecule has 3 aromatic carbocycles. The Bertz CT molecular complexity index is 1170. The van der Waals surface area contributed by atoms with Crippen molar-refractivity contribution < 1.29 is 9.47 Å². The molecule has 30 heavy (non-hydrogen) atoms. The van der Waals surface area contributed by atoms with Crippen LogP contribution in [0.1, 0.15) is 22.8 Å². The Balaban J connectivity index is 1.63. The Morgan fingerprint density at radius 3 is 2.70 bits per heavy atom. The Labute approximate surface area is 175 Å². The van der Waals surface area contributed by atoms with E-state index < -0.39 is 0 Å². The molecular weight excluding hydrogens is 376 g/mol. The molecule has 0 fully saturated rings. The lowest BCUT2D eigenvalue weighted by Crippen LogP contribution is -2.28. The third-order valence-corrected chi connectivity index (χ3v) is 5.62. The van der Waals surface area contributed by atoms with Gasteiger partial charge in [0, 0.05) is 13.1 Å². The molecule has 1 aromatic heterocycles. The van der Waals surface area contributed by atoms with Crippen molar-refractivity contribution >= 4 is 11.0 Å². The normalized spacial score (nSPS) is 17.3. The third kappa shape index (κ3) is 3.44. The van der Waals surface area contributed by atoms with Crippen LogP contribution in [0.15, 0.2) is 66.7 Å². The minimum Gasteiger partial charge on any atom is -0.497 e. The topological polar surface area (TPSA) is 52.4 Å². The van der Waals surface area contributed by atoms with Crippen LogP contribution in [0.3, 0.4) is 0 Å². The molecule has 6 nitrogen and oxygen atoms in total. The molecule has 0 amide bonds. The largest absolute Gasteiger partial charge is 0.497 e. The highest BCUT2D eigenvalue weighted by Crippen LogP contribution is 2.33. The van der Waals surface area contributed by atoms with Gasteiger partial charge in [0.05, 0.1) is 24.9 Å². The smallest absolute Gasteiger partial charge is 0.118 e. The Hall–Kier alpha value is -3.22. The van der Waals surface area contributed by atoms with E-state index in [-0.39, 0.29) is 6.10 Å². The first-order valence-electron chi connectivity index (χ1n) is 10.1. The number of hydrogen-bond acceptors (Lipinski definition) is 5. The van der Waals surface area contributed by atoms with Crippen molar-refractivity contribution in [3.8, 4) is 11.4 Å². The summed E-state index contributed by atoms with van der Waals surface area (Å²) >= 11 is 0. The molecule has 2 heterocycles. The van der Waals surface area contributed by atoms with E-state index in [1.165, 1.54) is 5.56 Å². The van der Waals surface area contributed by atoms with E-state index in [9.17, 15) is 0 Å². The van der Waals surface area contributed by atoms with Crippen LogP contribution in [0, 0.1) is 0 Å². The average Bonchev–Trinajstić information content (AvgIpc) is 3.20. The molecule has 1 atom stereocenters. The molecule has 152 valence electrons. The van der Waals surface area contributed by atoms with Crippen molar-refractivity contribution in [2.75, 3.05) is 27.3 Å². The zero-order valence-corrected chi connectivity index (χ0v) is 17.2. The zero-order valence-electron chi connectivity index (χ0n) is 17.2. The lowest BCUT2D eigenvalue weighted by Gasteiger charge is -2.29. The highest BCUT2D eigenvalue weighted by Gasteiger charge is 2.23. The van der Waals surface area contributed by atoms with Crippen molar-refractivity contribution in [2.24, 2.45) is 0 Å². The molecule has 0 N–H and O–H groups in total. The van der Waals surface area contributed by atoms with Gasteiger partial charge in [0.25, 0.3) is 0 Å². The van der Waals surface area contributed by atoms with Gasteiger partial charge in [-0.05, 0) is 60.1 Å². The minimum absolute atomic E-state index is 0.144. The maximum atomic E-state index is 6.37. The number of ether oxygens (including phenoxy) is 2. The molecule has 5 rings (SSSR count). The number of rotatable bonds is 3. The third-order valence-electron chi connectivity index (χ3n) is 5.62. The summed E-state index contributed by atoms with van der Waals surface area (Å²) in [5, 5.41) is 8.70. The lowest BCUT2D eigenvalue weighted by atomic mass is 9.95. The summed E-state index contributed by atoms with van der Waals surface area (Å²) in [6.07, 6.45) is -0.144. The van der Waals surface area contributed by atoms with Gasteiger partial charge in [-0.1, -0.05) is 35.5 Å². The van der Waals surface area contributed by atoms with Gasteiger partial charge in [-0.25, -0.2) is 4.68 Å². The molecule has 1 aliphatic heterocycles. The van der Waals surface area contributed by atoms with Gasteiger partial charge >= 0.3 is 0 Å².